The summed E-state index contributed by atoms with van der Waals surface area (Å²) in [6, 6.07) is 18.3. The number of ether oxygens (including phenoxy) is 1. The second-order valence-corrected chi connectivity index (χ2v) is 9.59. The van der Waals surface area contributed by atoms with Crippen molar-refractivity contribution in [3.8, 4) is 5.75 Å². The highest BCUT2D eigenvalue weighted by atomic mass is 35.5. The van der Waals surface area contributed by atoms with Crippen LogP contribution in [-0.2, 0) is 16.2 Å². The minimum Gasteiger partial charge on any atom is -0.497 e. The molecule has 2 heterocycles. The summed E-state index contributed by atoms with van der Waals surface area (Å²) in [4.78, 5) is 29.6. The van der Waals surface area contributed by atoms with Crippen molar-refractivity contribution < 1.29 is 18.7 Å². The summed E-state index contributed by atoms with van der Waals surface area (Å²) in [5.41, 5.74) is 2.47. The lowest BCUT2D eigenvalue weighted by atomic mass is 10.0. The Hall–Kier alpha value is -3.03. The third kappa shape index (κ3) is 3.56. The lowest BCUT2D eigenvalue weighted by molar-refractivity contribution is -0.123. The van der Waals surface area contributed by atoms with Crippen molar-refractivity contribution in [2.45, 2.75) is 11.4 Å². The van der Waals surface area contributed by atoms with Crippen LogP contribution in [0.5, 0.6) is 5.75 Å². The van der Waals surface area contributed by atoms with Gasteiger partial charge in [-0.3, -0.25) is 9.59 Å². The van der Waals surface area contributed by atoms with Crippen molar-refractivity contribution in [3.63, 3.8) is 0 Å². The number of thioether (sulfide) groups is 1. The number of carbonyl (C=O) groups is 2. The van der Waals surface area contributed by atoms with Crippen LogP contribution in [0.1, 0.15) is 21.5 Å². The third-order valence-corrected chi connectivity index (χ3v) is 7.60. The summed E-state index contributed by atoms with van der Waals surface area (Å²) in [7, 11) is 1.56. The molecule has 0 aliphatic carbocycles. The minimum atomic E-state index is -1.23. The van der Waals surface area contributed by atoms with Gasteiger partial charge in [-0.2, -0.15) is 0 Å². The van der Waals surface area contributed by atoms with E-state index in [1.54, 1.807) is 59.4 Å². The van der Waals surface area contributed by atoms with Crippen molar-refractivity contribution in [1.82, 2.24) is 4.90 Å². The van der Waals surface area contributed by atoms with Gasteiger partial charge in [0.15, 0.2) is 4.87 Å². The summed E-state index contributed by atoms with van der Waals surface area (Å²) in [5.74, 6) is 0.334. The van der Waals surface area contributed by atoms with E-state index in [1.165, 1.54) is 23.9 Å². The number of rotatable bonds is 4. The van der Waals surface area contributed by atoms with Gasteiger partial charge in [0, 0.05) is 28.4 Å². The SMILES string of the molecule is COc1ccc2c(c1)C1(SCCN1C(=O)c1cccc(Cl)c1)C(=O)N2Cc1cccc(F)c1. The Morgan fingerprint density at radius 3 is 2.73 bits per heavy atom. The van der Waals surface area contributed by atoms with Crippen molar-refractivity contribution in [2.75, 3.05) is 24.3 Å². The number of nitrogens with zero attached hydrogens (tertiary/aromatic N) is 2. The molecule has 2 aliphatic rings. The van der Waals surface area contributed by atoms with Crippen molar-refractivity contribution in [3.05, 3.63) is 94.3 Å². The zero-order valence-electron chi connectivity index (χ0n) is 17.8. The second kappa shape index (κ2) is 8.39. The van der Waals surface area contributed by atoms with E-state index in [4.69, 9.17) is 16.3 Å². The fourth-order valence-electron chi connectivity index (χ4n) is 4.47. The van der Waals surface area contributed by atoms with Crippen molar-refractivity contribution in [2.24, 2.45) is 0 Å². The van der Waals surface area contributed by atoms with E-state index in [2.05, 4.69) is 0 Å². The van der Waals surface area contributed by atoms with Crippen molar-refractivity contribution in [1.29, 1.82) is 0 Å². The molecule has 5 nitrogen and oxygen atoms in total. The molecule has 8 heteroatoms. The van der Waals surface area contributed by atoms with Gasteiger partial charge in [-0.1, -0.05) is 29.8 Å². The van der Waals surface area contributed by atoms with Gasteiger partial charge >= 0.3 is 0 Å². The molecule has 2 aliphatic heterocycles. The van der Waals surface area contributed by atoms with E-state index >= 15 is 0 Å². The van der Waals surface area contributed by atoms with E-state index in [9.17, 15) is 14.0 Å². The number of carbonyl (C=O) groups excluding carboxylic acids is 2. The lowest BCUT2D eigenvalue weighted by Gasteiger charge is -2.33. The Balaban J connectivity index is 1.62. The van der Waals surface area contributed by atoms with Gasteiger partial charge in [-0.25, -0.2) is 4.39 Å². The highest BCUT2D eigenvalue weighted by molar-refractivity contribution is 8.01. The molecule has 0 saturated carbocycles. The van der Waals surface area contributed by atoms with Crippen molar-refractivity contribution >= 4 is 40.9 Å². The molecule has 0 radical (unpaired) electrons. The smallest absolute Gasteiger partial charge is 0.268 e. The summed E-state index contributed by atoms with van der Waals surface area (Å²) in [6.45, 7) is 0.601. The van der Waals surface area contributed by atoms with Gasteiger partial charge in [0.1, 0.15) is 11.6 Å². The maximum atomic E-state index is 14.0. The number of amides is 2. The van der Waals surface area contributed by atoms with Gasteiger partial charge in [-0.15, -0.1) is 11.8 Å². The molecule has 1 atom stereocenters. The van der Waals surface area contributed by atoms with E-state index in [0.717, 1.165) is 0 Å². The van der Waals surface area contributed by atoms with Crippen LogP contribution in [0.3, 0.4) is 0 Å². The molecule has 0 N–H and O–H groups in total. The first-order valence-corrected chi connectivity index (χ1v) is 11.8. The zero-order valence-corrected chi connectivity index (χ0v) is 19.3. The predicted octanol–water partition coefficient (Wildman–Crippen LogP) is 5.08. The fraction of sp³-hybridized carbons (Fsp3) is 0.200. The maximum Gasteiger partial charge on any atom is 0.268 e. The number of fused-ring (bicyclic) bond motifs is 2. The number of benzene rings is 3. The van der Waals surface area contributed by atoms with Gasteiger partial charge in [0.2, 0.25) is 0 Å². The number of halogens is 2. The van der Waals surface area contributed by atoms with E-state index in [1.807, 2.05) is 12.1 Å². The molecule has 0 bridgehead atoms. The standard InChI is InChI=1S/C25H20ClFN2O3S/c1-32-20-8-9-22-21(14-20)25(24(31)28(22)15-16-4-2-7-19(27)12-16)29(10-11-33-25)23(30)17-5-3-6-18(26)13-17/h2-9,12-14H,10-11,15H2,1H3. The second-order valence-electron chi connectivity index (χ2n) is 7.86. The van der Waals surface area contributed by atoms with Gasteiger partial charge < -0.3 is 14.5 Å². The largest absolute Gasteiger partial charge is 0.497 e. The molecule has 1 saturated heterocycles. The average Bonchev–Trinajstić information content (AvgIpc) is 3.35. The third-order valence-electron chi connectivity index (χ3n) is 5.95. The molecule has 33 heavy (non-hydrogen) atoms. The fourth-order valence-corrected chi connectivity index (χ4v) is 6.12. The van der Waals surface area contributed by atoms with Crippen LogP contribution < -0.4 is 9.64 Å². The molecule has 3 aromatic carbocycles. The first-order chi connectivity index (χ1) is 15.9. The van der Waals surface area contributed by atoms with Crippen LogP contribution >= 0.6 is 23.4 Å². The predicted molar refractivity (Wildman–Crippen MR) is 127 cm³/mol. The summed E-state index contributed by atoms with van der Waals surface area (Å²) < 4.78 is 19.3. The molecular formula is C25H20ClFN2O3S. The number of hydrogen-bond acceptors (Lipinski definition) is 4. The van der Waals surface area contributed by atoms with Gasteiger partial charge in [0.25, 0.3) is 11.8 Å². The summed E-state index contributed by atoms with van der Waals surface area (Å²) in [5, 5.41) is 0.453. The highest BCUT2D eigenvalue weighted by Crippen LogP contribution is 2.55. The van der Waals surface area contributed by atoms with Crippen LogP contribution in [0.4, 0.5) is 10.1 Å². The number of anilines is 1. The lowest BCUT2D eigenvalue weighted by Crippen LogP contribution is -2.50. The van der Waals surface area contributed by atoms with Gasteiger partial charge in [0.05, 0.1) is 19.3 Å². The molecule has 1 unspecified atom stereocenters. The van der Waals surface area contributed by atoms with Crippen LogP contribution in [0.25, 0.3) is 0 Å². The summed E-state index contributed by atoms with van der Waals surface area (Å²) >= 11 is 7.55. The summed E-state index contributed by atoms with van der Waals surface area (Å²) in [6.07, 6.45) is 0. The zero-order chi connectivity index (χ0) is 23.2. The quantitative estimate of drug-likeness (QED) is 0.520. The molecule has 1 fully saturated rings. The topological polar surface area (TPSA) is 49.9 Å². The van der Waals surface area contributed by atoms with E-state index < -0.39 is 4.87 Å². The van der Waals surface area contributed by atoms with Gasteiger partial charge in [-0.05, 0) is 54.1 Å². The molecule has 0 aromatic heterocycles. The Bertz CT molecular complexity index is 1270. The van der Waals surface area contributed by atoms with Crippen LogP contribution in [0, 0.1) is 5.82 Å². The van der Waals surface area contributed by atoms with Crippen LogP contribution in [-0.4, -0.2) is 36.1 Å². The molecule has 5 rings (SSSR count). The van der Waals surface area contributed by atoms with Crippen LogP contribution in [0.2, 0.25) is 5.02 Å². The normalized spacial score (nSPS) is 19.3. The molecule has 168 valence electrons. The Morgan fingerprint density at radius 2 is 1.97 bits per heavy atom. The maximum absolute atomic E-state index is 14.0. The van der Waals surface area contributed by atoms with E-state index in [0.29, 0.717) is 45.4 Å². The first-order valence-electron chi connectivity index (χ1n) is 10.4. The minimum absolute atomic E-state index is 0.192. The first kappa shape index (κ1) is 21.8. The molecular weight excluding hydrogens is 463 g/mol. The van der Waals surface area contributed by atoms with E-state index in [-0.39, 0.29) is 24.2 Å². The number of hydrogen-bond donors (Lipinski definition) is 0. The number of methoxy groups -OCH3 is 1. The molecule has 2 amide bonds. The van der Waals surface area contributed by atoms with Crippen LogP contribution in [0.15, 0.2) is 66.7 Å². The molecule has 1 spiro atoms. The monoisotopic (exact) mass is 482 g/mol. The Labute approximate surface area is 200 Å². The highest BCUT2D eigenvalue weighted by Gasteiger charge is 2.59. The Kier molecular flexibility index (Phi) is 5.54. The Morgan fingerprint density at radius 1 is 1.15 bits per heavy atom. The molecule has 3 aromatic rings. The average molecular weight is 483 g/mol.